The van der Waals surface area contributed by atoms with Crippen LogP contribution >= 0.6 is 0 Å². The summed E-state index contributed by atoms with van der Waals surface area (Å²) in [6.45, 7) is 3.26. The maximum atomic E-state index is 12.2. The van der Waals surface area contributed by atoms with Crippen molar-refractivity contribution in [3.63, 3.8) is 0 Å². The number of benzene rings is 1. The standard InChI is InChI=1S/C15H17N5O4S/c1-8(2)25(22,23)10-5-3-9(4-6-10)11-7-17-13(16)12(18-11)14-19-20-15(21)24-14/h3-8,14,19H,1-2H3,(H2,16,17)(H,20,21). The lowest BCUT2D eigenvalue weighted by Crippen LogP contribution is -2.27. The number of hydrogen-bond acceptors (Lipinski definition) is 8. The molecule has 1 amide bonds. The van der Waals surface area contributed by atoms with Crippen LogP contribution in [0.1, 0.15) is 25.8 Å². The van der Waals surface area contributed by atoms with Crippen molar-refractivity contribution >= 4 is 21.7 Å². The smallest absolute Gasteiger partial charge is 0.422 e. The molecule has 0 saturated carbocycles. The third-order valence-electron chi connectivity index (χ3n) is 3.71. The van der Waals surface area contributed by atoms with Crippen molar-refractivity contribution in [1.82, 2.24) is 20.8 Å². The second-order valence-electron chi connectivity index (χ2n) is 5.70. The average Bonchev–Trinajstić information content (AvgIpc) is 3.01. The molecular weight excluding hydrogens is 346 g/mol. The number of ether oxygens (including phenoxy) is 1. The average molecular weight is 363 g/mol. The maximum absolute atomic E-state index is 12.2. The van der Waals surface area contributed by atoms with Crippen LogP contribution in [0.15, 0.2) is 35.4 Å². The number of hydrogen-bond donors (Lipinski definition) is 3. The van der Waals surface area contributed by atoms with E-state index < -0.39 is 27.4 Å². The highest BCUT2D eigenvalue weighted by molar-refractivity contribution is 7.92. The van der Waals surface area contributed by atoms with Gasteiger partial charge in [0.2, 0.25) is 6.23 Å². The van der Waals surface area contributed by atoms with Gasteiger partial charge in [-0.3, -0.25) is 5.43 Å². The van der Waals surface area contributed by atoms with Gasteiger partial charge in [0.05, 0.1) is 22.0 Å². The van der Waals surface area contributed by atoms with E-state index in [9.17, 15) is 13.2 Å². The molecule has 1 atom stereocenters. The van der Waals surface area contributed by atoms with E-state index in [4.69, 9.17) is 10.5 Å². The summed E-state index contributed by atoms with van der Waals surface area (Å²) in [5, 5.41) is -0.503. The third kappa shape index (κ3) is 3.26. The van der Waals surface area contributed by atoms with E-state index in [2.05, 4.69) is 20.8 Å². The zero-order chi connectivity index (χ0) is 18.2. The first kappa shape index (κ1) is 17.1. The largest absolute Gasteiger partial charge is 0.423 e. The zero-order valence-corrected chi connectivity index (χ0v) is 14.4. The van der Waals surface area contributed by atoms with Crippen LogP contribution in [-0.2, 0) is 14.6 Å². The molecule has 1 unspecified atom stereocenters. The number of amides is 1. The van der Waals surface area contributed by atoms with Crippen LogP contribution in [0.2, 0.25) is 0 Å². The van der Waals surface area contributed by atoms with Crippen LogP contribution in [0.4, 0.5) is 10.6 Å². The molecule has 2 aromatic rings. The quantitative estimate of drug-likeness (QED) is 0.736. The van der Waals surface area contributed by atoms with Gasteiger partial charge < -0.3 is 10.5 Å². The number of hydrazine groups is 1. The van der Waals surface area contributed by atoms with Gasteiger partial charge in [-0.2, -0.15) is 5.43 Å². The molecule has 25 heavy (non-hydrogen) atoms. The first-order valence-electron chi connectivity index (χ1n) is 7.48. The molecule has 1 fully saturated rings. The van der Waals surface area contributed by atoms with Crippen molar-refractivity contribution in [2.24, 2.45) is 0 Å². The molecule has 0 aliphatic carbocycles. The molecule has 0 spiro atoms. The lowest BCUT2D eigenvalue weighted by molar-refractivity contribution is 0.128. The fraction of sp³-hybridized carbons (Fsp3) is 0.267. The van der Waals surface area contributed by atoms with Crippen molar-refractivity contribution in [1.29, 1.82) is 0 Å². The van der Waals surface area contributed by atoms with Gasteiger partial charge in [0.1, 0.15) is 5.69 Å². The van der Waals surface area contributed by atoms with E-state index in [1.54, 1.807) is 26.0 Å². The fourth-order valence-corrected chi connectivity index (χ4v) is 3.31. The van der Waals surface area contributed by atoms with Crippen LogP contribution in [0.25, 0.3) is 11.3 Å². The van der Waals surface area contributed by atoms with E-state index >= 15 is 0 Å². The molecule has 9 nitrogen and oxygen atoms in total. The summed E-state index contributed by atoms with van der Waals surface area (Å²) >= 11 is 0. The van der Waals surface area contributed by atoms with Gasteiger partial charge in [-0.1, -0.05) is 12.1 Å². The van der Waals surface area contributed by atoms with E-state index in [0.717, 1.165) is 0 Å². The topological polar surface area (TPSA) is 136 Å². The van der Waals surface area contributed by atoms with Crippen molar-refractivity contribution in [2.75, 3.05) is 5.73 Å². The lowest BCUT2D eigenvalue weighted by atomic mass is 10.1. The van der Waals surface area contributed by atoms with Gasteiger partial charge in [0.15, 0.2) is 15.7 Å². The molecule has 4 N–H and O–H groups in total. The number of nitrogens with two attached hydrogens (primary N) is 1. The van der Waals surface area contributed by atoms with E-state index in [-0.39, 0.29) is 16.4 Å². The molecule has 1 aromatic carbocycles. The van der Waals surface area contributed by atoms with Crippen molar-refractivity contribution in [3.8, 4) is 11.3 Å². The molecule has 0 bridgehead atoms. The number of sulfone groups is 1. The Bertz CT molecular complexity index is 912. The van der Waals surface area contributed by atoms with Crippen molar-refractivity contribution in [3.05, 3.63) is 36.2 Å². The fourth-order valence-electron chi connectivity index (χ4n) is 2.25. The van der Waals surface area contributed by atoms with Gasteiger partial charge in [0, 0.05) is 5.56 Å². The molecule has 1 aliphatic heterocycles. The predicted molar refractivity (Wildman–Crippen MR) is 89.7 cm³/mol. The Kier molecular flexibility index (Phi) is 4.31. The number of carbonyl (C=O) groups excluding carboxylic acids is 1. The molecule has 132 valence electrons. The number of carbonyl (C=O) groups is 1. The summed E-state index contributed by atoms with van der Waals surface area (Å²) in [5.74, 6) is 0.122. The Balaban J connectivity index is 1.93. The van der Waals surface area contributed by atoms with E-state index in [1.165, 1.54) is 18.3 Å². The summed E-state index contributed by atoms with van der Waals surface area (Å²) in [7, 11) is -3.34. The molecular formula is C15H17N5O4S. The summed E-state index contributed by atoms with van der Waals surface area (Å²) in [6.07, 6.45) is -0.0185. The number of aromatic nitrogens is 2. The van der Waals surface area contributed by atoms with Gasteiger partial charge in [0.25, 0.3) is 0 Å². The number of nitrogens with zero attached hydrogens (tertiary/aromatic N) is 2. The van der Waals surface area contributed by atoms with Crippen LogP contribution in [-0.4, -0.2) is 29.7 Å². The summed E-state index contributed by atoms with van der Waals surface area (Å²) in [6, 6.07) is 6.34. The molecule has 1 aliphatic rings. The highest BCUT2D eigenvalue weighted by atomic mass is 32.2. The Morgan fingerprint density at radius 1 is 1.24 bits per heavy atom. The van der Waals surface area contributed by atoms with Crippen LogP contribution in [0, 0.1) is 0 Å². The van der Waals surface area contributed by atoms with Crippen LogP contribution < -0.4 is 16.6 Å². The highest BCUT2D eigenvalue weighted by Crippen LogP contribution is 2.25. The third-order valence-corrected chi connectivity index (χ3v) is 5.88. The minimum atomic E-state index is -3.34. The van der Waals surface area contributed by atoms with Gasteiger partial charge >= 0.3 is 6.09 Å². The molecule has 0 radical (unpaired) electrons. The van der Waals surface area contributed by atoms with Crippen molar-refractivity contribution in [2.45, 2.75) is 30.2 Å². The van der Waals surface area contributed by atoms with Crippen LogP contribution in [0.5, 0.6) is 0 Å². The van der Waals surface area contributed by atoms with Crippen LogP contribution in [0.3, 0.4) is 0 Å². The highest BCUT2D eigenvalue weighted by Gasteiger charge is 2.28. The van der Waals surface area contributed by atoms with E-state index in [0.29, 0.717) is 11.3 Å². The van der Waals surface area contributed by atoms with Crippen molar-refractivity contribution < 1.29 is 17.9 Å². The summed E-state index contributed by atoms with van der Waals surface area (Å²) in [5.41, 5.74) is 12.1. The van der Waals surface area contributed by atoms with Gasteiger partial charge in [-0.15, -0.1) is 0 Å². The minimum absolute atomic E-state index is 0.122. The maximum Gasteiger partial charge on any atom is 0.423 e. The molecule has 3 rings (SSSR count). The number of nitrogen functional groups attached to an aromatic ring is 1. The SMILES string of the molecule is CC(C)S(=O)(=O)c1ccc(-c2cnc(N)c(C3NNC(=O)O3)n2)cc1. The number of anilines is 1. The summed E-state index contributed by atoms with van der Waals surface area (Å²) < 4.78 is 29.3. The Morgan fingerprint density at radius 3 is 2.48 bits per heavy atom. The van der Waals surface area contributed by atoms with E-state index in [1.807, 2.05) is 0 Å². The minimum Gasteiger partial charge on any atom is -0.422 e. The Hall–Kier alpha value is -2.72. The first-order chi connectivity index (χ1) is 11.8. The monoisotopic (exact) mass is 363 g/mol. The Labute approximate surface area is 144 Å². The molecule has 1 aromatic heterocycles. The van der Waals surface area contributed by atoms with Gasteiger partial charge in [-0.25, -0.2) is 23.2 Å². The molecule has 10 heteroatoms. The second-order valence-corrected chi connectivity index (χ2v) is 8.20. The number of rotatable bonds is 4. The predicted octanol–water partition coefficient (Wildman–Crippen LogP) is 1.15. The normalized spacial score (nSPS) is 17.4. The first-order valence-corrected chi connectivity index (χ1v) is 9.02. The Morgan fingerprint density at radius 2 is 1.92 bits per heavy atom. The zero-order valence-electron chi connectivity index (χ0n) is 13.6. The van der Waals surface area contributed by atoms with Gasteiger partial charge in [-0.05, 0) is 26.0 Å². The number of nitrogens with one attached hydrogen (secondary N) is 2. The lowest BCUT2D eigenvalue weighted by Gasteiger charge is -2.12. The molecule has 2 heterocycles. The number of cyclic esters (lactones) is 1. The molecule has 1 saturated heterocycles. The second kappa shape index (κ2) is 6.30. The summed E-state index contributed by atoms with van der Waals surface area (Å²) in [4.78, 5) is 19.8.